The van der Waals surface area contributed by atoms with E-state index in [4.69, 9.17) is 27.5 Å². The SMILES string of the molecule is NC(=O)c1nsc(C(=O)N(c2ccc(Cl)cc2)[C@@H](C(=O)NC2CCCC2)c2ccco2)c1N. The maximum atomic E-state index is 13.8. The third kappa shape index (κ3) is 4.71. The molecule has 1 fully saturated rings. The molecule has 0 spiro atoms. The molecule has 0 bridgehead atoms. The zero-order valence-corrected chi connectivity index (χ0v) is 19.1. The molecule has 1 aliphatic rings. The van der Waals surface area contributed by atoms with Crippen molar-refractivity contribution in [3.05, 3.63) is 64.0 Å². The molecule has 1 aliphatic carbocycles. The van der Waals surface area contributed by atoms with Gasteiger partial charge in [-0.3, -0.25) is 19.3 Å². The first kappa shape index (κ1) is 22.8. The van der Waals surface area contributed by atoms with Crippen LogP contribution in [0.5, 0.6) is 0 Å². The molecule has 0 unspecified atom stereocenters. The van der Waals surface area contributed by atoms with Crippen molar-refractivity contribution in [3.8, 4) is 0 Å². The van der Waals surface area contributed by atoms with Gasteiger partial charge in [0.05, 0.1) is 12.0 Å². The van der Waals surface area contributed by atoms with Crippen LogP contribution in [0.25, 0.3) is 0 Å². The van der Waals surface area contributed by atoms with E-state index in [2.05, 4.69) is 9.69 Å². The number of hydrogen-bond acceptors (Lipinski definition) is 7. The highest BCUT2D eigenvalue weighted by molar-refractivity contribution is 7.09. The average molecular weight is 488 g/mol. The van der Waals surface area contributed by atoms with Crippen molar-refractivity contribution in [2.75, 3.05) is 10.6 Å². The number of carbonyl (C=O) groups excluding carboxylic acids is 3. The van der Waals surface area contributed by atoms with Crippen LogP contribution < -0.4 is 21.7 Å². The fourth-order valence-corrected chi connectivity index (χ4v) is 4.76. The Morgan fingerprint density at radius 2 is 1.88 bits per heavy atom. The quantitative estimate of drug-likeness (QED) is 0.465. The number of nitrogens with one attached hydrogen (secondary N) is 1. The molecule has 1 atom stereocenters. The zero-order valence-electron chi connectivity index (χ0n) is 17.5. The number of furan rings is 1. The molecular weight excluding hydrogens is 466 g/mol. The predicted octanol–water partition coefficient (Wildman–Crippen LogP) is 3.52. The summed E-state index contributed by atoms with van der Waals surface area (Å²) in [5.74, 6) is -1.59. The molecule has 2 heterocycles. The molecule has 0 radical (unpaired) electrons. The molecule has 4 rings (SSSR count). The lowest BCUT2D eigenvalue weighted by Crippen LogP contribution is -2.46. The van der Waals surface area contributed by atoms with E-state index in [0.29, 0.717) is 10.7 Å². The average Bonchev–Trinajstić information content (AvgIpc) is 3.54. The Balaban J connectivity index is 1.80. The molecule has 1 saturated carbocycles. The Morgan fingerprint density at radius 1 is 1.18 bits per heavy atom. The summed E-state index contributed by atoms with van der Waals surface area (Å²) >= 11 is 6.79. The zero-order chi connectivity index (χ0) is 23.5. The van der Waals surface area contributed by atoms with Crippen molar-refractivity contribution in [2.24, 2.45) is 5.73 Å². The summed E-state index contributed by atoms with van der Waals surface area (Å²) in [4.78, 5) is 40.2. The Hall–Kier alpha value is -3.37. The van der Waals surface area contributed by atoms with Crippen LogP contribution in [-0.2, 0) is 4.79 Å². The van der Waals surface area contributed by atoms with Gasteiger partial charge in [-0.2, -0.15) is 4.37 Å². The van der Waals surface area contributed by atoms with Crippen molar-refractivity contribution in [3.63, 3.8) is 0 Å². The van der Waals surface area contributed by atoms with Gasteiger partial charge in [-0.15, -0.1) is 0 Å². The number of carbonyl (C=O) groups is 3. The van der Waals surface area contributed by atoms with Gasteiger partial charge in [-0.25, -0.2) is 0 Å². The summed E-state index contributed by atoms with van der Waals surface area (Å²) in [5.41, 5.74) is 11.4. The number of halogens is 1. The standard InChI is InChI=1S/C22H22ClN5O4S/c23-12-7-9-14(10-8-12)28(22(31)19-16(24)17(20(25)29)27-33-19)18(15-6-3-11-32-15)21(30)26-13-4-1-2-5-13/h3,6-11,13,18H,1-2,4-5,24H2,(H2,25,29)(H,26,30)/t18-/m1/s1. The summed E-state index contributed by atoms with van der Waals surface area (Å²) in [6.45, 7) is 0. The first-order valence-electron chi connectivity index (χ1n) is 10.3. The van der Waals surface area contributed by atoms with E-state index in [-0.39, 0.29) is 28.1 Å². The Morgan fingerprint density at radius 3 is 2.45 bits per heavy atom. The molecule has 3 amide bonds. The third-order valence-electron chi connectivity index (χ3n) is 5.50. The van der Waals surface area contributed by atoms with Crippen LogP contribution in [0.1, 0.15) is 57.6 Å². The van der Waals surface area contributed by atoms with Crippen LogP contribution in [0.2, 0.25) is 5.02 Å². The summed E-state index contributed by atoms with van der Waals surface area (Å²) in [5, 5.41) is 3.50. The lowest BCUT2D eigenvalue weighted by atomic mass is 10.1. The third-order valence-corrected chi connectivity index (χ3v) is 6.60. The van der Waals surface area contributed by atoms with Crippen molar-refractivity contribution >= 4 is 52.2 Å². The highest BCUT2D eigenvalue weighted by Crippen LogP contribution is 2.34. The number of nitrogens with zero attached hydrogens (tertiary/aromatic N) is 2. The van der Waals surface area contributed by atoms with Gasteiger partial charge in [-0.05, 0) is 60.8 Å². The monoisotopic (exact) mass is 487 g/mol. The number of primary amides is 1. The van der Waals surface area contributed by atoms with Crippen molar-refractivity contribution in [1.82, 2.24) is 9.69 Å². The van der Waals surface area contributed by atoms with Crippen LogP contribution in [0.3, 0.4) is 0 Å². The molecule has 2 aromatic heterocycles. The van der Waals surface area contributed by atoms with Gasteiger partial charge in [0.15, 0.2) is 11.7 Å². The molecule has 0 saturated heterocycles. The minimum atomic E-state index is -1.13. The van der Waals surface area contributed by atoms with Crippen LogP contribution in [-0.4, -0.2) is 28.1 Å². The van der Waals surface area contributed by atoms with Crippen LogP contribution >= 0.6 is 23.1 Å². The Kier molecular flexibility index (Phi) is 6.66. The lowest BCUT2D eigenvalue weighted by Gasteiger charge is -2.30. The van der Waals surface area contributed by atoms with E-state index >= 15 is 0 Å². The maximum absolute atomic E-state index is 13.8. The summed E-state index contributed by atoms with van der Waals surface area (Å²) in [6.07, 6.45) is 5.24. The second kappa shape index (κ2) is 9.63. The number of amides is 3. The van der Waals surface area contributed by atoms with E-state index in [1.54, 1.807) is 36.4 Å². The minimum Gasteiger partial charge on any atom is -0.467 e. The largest absolute Gasteiger partial charge is 0.467 e. The van der Waals surface area contributed by atoms with E-state index in [1.165, 1.54) is 11.2 Å². The van der Waals surface area contributed by atoms with Gasteiger partial charge in [-0.1, -0.05) is 24.4 Å². The highest BCUT2D eigenvalue weighted by Gasteiger charge is 2.38. The molecule has 0 aliphatic heterocycles. The fourth-order valence-electron chi connectivity index (χ4n) is 3.89. The second-order valence-electron chi connectivity index (χ2n) is 7.70. The number of nitrogens with two attached hydrogens (primary N) is 2. The van der Waals surface area contributed by atoms with Crippen LogP contribution in [0, 0.1) is 0 Å². The summed E-state index contributed by atoms with van der Waals surface area (Å²) in [7, 11) is 0. The van der Waals surface area contributed by atoms with Gasteiger partial charge in [0.2, 0.25) is 0 Å². The molecule has 11 heteroatoms. The Bertz CT molecular complexity index is 1160. The van der Waals surface area contributed by atoms with Gasteiger partial charge in [0, 0.05) is 16.8 Å². The van der Waals surface area contributed by atoms with E-state index in [0.717, 1.165) is 37.2 Å². The first-order chi connectivity index (χ1) is 15.9. The topological polar surface area (TPSA) is 145 Å². The van der Waals surface area contributed by atoms with Gasteiger partial charge >= 0.3 is 0 Å². The number of aromatic nitrogens is 1. The van der Waals surface area contributed by atoms with Gasteiger partial charge in [0.25, 0.3) is 17.7 Å². The van der Waals surface area contributed by atoms with Crippen LogP contribution in [0.4, 0.5) is 11.4 Å². The van der Waals surface area contributed by atoms with E-state index in [9.17, 15) is 14.4 Å². The second-order valence-corrected chi connectivity index (χ2v) is 8.91. The van der Waals surface area contributed by atoms with E-state index < -0.39 is 23.8 Å². The van der Waals surface area contributed by atoms with Gasteiger partial charge in [0.1, 0.15) is 10.6 Å². The molecule has 9 nitrogen and oxygen atoms in total. The summed E-state index contributed by atoms with van der Waals surface area (Å²) in [6, 6.07) is 8.60. The lowest BCUT2D eigenvalue weighted by molar-refractivity contribution is -0.123. The van der Waals surface area contributed by atoms with Crippen LogP contribution in [0.15, 0.2) is 47.1 Å². The molecule has 1 aromatic carbocycles. The maximum Gasteiger partial charge on any atom is 0.273 e. The predicted molar refractivity (Wildman–Crippen MR) is 125 cm³/mol. The number of nitrogen functional groups attached to an aromatic ring is 1. The number of anilines is 2. The molecule has 3 aromatic rings. The smallest absolute Gasteiger partial charge is 0.273 e. The van der Waals surface area contributed by atoms with Gasteiger partial charge < -0.3 is 21.2 Å². The minimum absolute atomic E-state index is 0.0102. The van der Waals surface area contributed by atoms with Crippen molar-refractivity contribution in [2.45, 2.75) is 37.8 Å². The highest BCUT2D eigenvalue weighted by atomic mass is 35.5. The molecular formula is C22H22ClN5O4S. The summed E-state index contributed by atoms with van der Waals surface area (Å²) < 4.78 is 9.49. The molecule has 33 heavy (non-hydrogen) atoms. The number of hydrogen-bond donors (Lipinski definition) is 3. The number of benzene rings is 1. The number of rotatable bonds is 7. The van der Waals surface area contributed by atoms with Crippen molar-refractivity contribution in [1.29, 1.82) is 0 Å². The molecule has 5 N–H and O–H groups in total. The van der Waals surface area contributed by atoms with E-state index in [1.807, 2.05) is 0 Å². The normalized spacial score (nSPS) is 14.7. The molecule has 172 valence electrons. The van der Waals surface area contributed by atoms with Crippen molar-refractivity contribution < 1.29 is 18.8 Å². The first-order valence-corrected chi connectivity index (χ1v) is 11.5. The fraction of sp³-hybridized carbons (Fsp3) is 0.273. The Labute approximate surface area is 198 Å².